The van der Waals surface area contributed by atoms with Crippen molar-refractivity contribution in [2.45, 2.75) is 66.2 Å². The van der Waals surface area contributed by atoms with Gasteiger partial charge in [-0.3, -0.25) is 0 Å². The molecule has 0 nitrogen and oxygen atoms in total. The lowest BCUT2D eigenvalue weighted by Gasteiger charge is -2.11. The number of rotatable bonds is 7. The predicted molar refractivity (Wildman–Crippen MR) is 57.1 cm³/mol. The summed E-state index contributed by atoms with van der Waals surface area (Å²) < 4.78 is 0. The molecule has 0 aliphatic carbocycles. The van der Waals surface area contributed by atoms with Crippen LogP contribution in [0, 0.1) is 11.8 Å². The molecule has 0 aliphatic rings. The van der Waals surface area contributed by atoms with Crippen LogP contribution in [0.25, 0.3) is 0 Å². The third-order valence-electron chi connectivity index (χ3n) is 2.44. The molecule has 0 bridgehead atoms. The zero-order chi connectivity index (χ0) is 9.40. The van der Waals surface area contributed by atoms with E-state index in [0.717, 1.165) is 5.92 Å². The summed E-state index contributed by atoms with van der Waals surface area (Å²) in [6, 6.07) is 0. The highest BCUT2D eigenvalue weighted by Gasteiger charge is 2.02. The maximum absolute atomic E-state index is 2.39. The Kier molecular flexibility index (Phi) is 7.64. The van der Waals surface area contributed by atoms with Crippen molar-refractivity contribution in [3.63, 3.8) is 0 Å². The van der Waals surface area contributed by atoms with Crippen LogP contribution in [-0.2, 0) is 0 Å². The first-order chi connectivity index (χ1) is 5.66. The van der Waals surface area contributed by atoms with Gasteiger partial charge in [-0.15, -0.1) is 0 Å². The minimum atomic E-state index is 0.937. The van der Waals surface area contributed by atoms with Gasteiger partial charge in [0.1, 0.15) is 0 Å². The highest BCUT2D eigenvalue weighted by Crippen LogP contribution is 2.18. The van der Waals surface area contributed by atoms with Gasteiger partial charge in [0, 0.05) is 0 Å². The molecule has 0 heteroatoms. The average molecular weight is 169 g/mol. The second-order valence-electron chi connectivity index (χ2n) is 4.35. The van der Waals surface area contributed by atoms with Crippen molar-refractivity contribution < 1.29 is 0 Å². The molecule has 0 rings (SSSR count). The van der Waals surface area contributed by atoms with Crippen LogP contribution >= 0.6 is 0 Å². The van der Waals surface area contributed by atoms with Gasteiger partial charge >= 0.3 is 0 Å². The lowest BCUT2D eigenvalue weighted by molar-refractivity contribution is 0.455. The fourth-order valence-corrected chi connectivity index (χ4v) is 1.42. The van der Waals surface area contributed by atoms with Gasteiger partial charge in [-0.05, 0) is 18.3 Å². The van der Waals surface area contributed by atoms with Crippen molar-refractivity contribution in [1.29, 1.82) is 0 Å². The van der Waals surface area contributed by atoms with E-state index in [4.69, 9.17) is 0 Å². The van der Waals surface area contributed by atoms with Crippen LogP contribution in [0.3, 0.4) is 0 Å². The van der Waals surface area contributed by atoms with Gasteiger partial charge in [-0.2, -0.15) is 0 Å². The quantitative estimate of drug-likeness (QED) is 0.489. The first-order valence-corrected chi connectivity index (χ1v) is 5.45. The second kappa shape index (κ2) is 7.64. The zero-order valence-corrected chi connectivity index (χ0v) is 9.32. The minimum Gasteiger partial charge on any atom is -0.0654 e. The lowest BCUT2D eigenvalue weighted by Crippen LogP contribution is -1.96. The normalized spacial score (nSPS) is 13.8. The Balaban J connectivity index is 3.15. The summed E-state index contributed by atoms with van der Waals surface area (Å²) in [7, 11) is 0. The van der Waals surface area contributed by atoms with Gasteiger partial charge in [-0.25, -0.2) is 0 Å². The van der Waals surface area contributed by atoms with Gasteiger partial charge in [0.25, 0.3) is 0 Å². The van der Waals surface area contributed by atoms with Crippen LogP contribution < -0.4 is 0 Å². The van der Waals surface area contributed by atoms with Crippen LogP contribution in [-0.4, -0.2) is 0 Å². The molecule has 0 aromatic rings. The van der Waals surface area contributed by atoms with Crippen molar-refractivity contribution in [1.82, 2.24) is 0 Å². The Hall–Kier alpha value is 0. The van der Waals surface area contributed by atoms with E-state index in [9.17, 15) is 0 Å². The molecule has 0 spiro atoms. The molecule has 1 unspecified atom stereocenters. The Morgan fingerprint density at radius 2 is 1.75 bits per heavy atom. The van der Waals surface area contributed by atoms with E-state index in [1.54, 1.807) is 5.92 Å². The molecule has 0 heterocycles. The molecule has 0 amide bonds. The summed E-state index contributed by atoms with van der Waals surface area (Å²) in [5.74, 6) is 2.52. The van der Waals surface area contributed by atoms with Crippen molar-refractivity contribution in [3.05, 3.63) is 5.92 Å². The summed E-state index contributed by atoms with van der Waals surface area (Å²) in [6.45, 7) is 9.13. The van der Waals surface area contributed by atoms with Crippen molar-refractivity contribution in [3.8, 4) is 0 Å². The van der Waals surface area contributed by atoms with Crippen LogP contribution in [0.5, 0.6) is 0 Å². The first-order valence-electron chi connectivity index (χ1n) is 5.45. The molecular formula is C12H25. The third kappa shape index (κ3) is 8.10. The fraction of sp³-hybridized carbons (Fsp3) is 0.917. The molecule has 12 heavy (non-hydrogen) atoms. The Morgan fingerprint density at radius 1 is 1.08 bits per heavy atom. The van der Waals surface area contributed by atoms with Gasteiger partial charge < -0.3 is 0 Å². The molecule has 0 aromatic heterocycles. The van der Waals surface area contributed by atoms with E-state index in [1.165, 1.54) is 38.5 Å². The highest BCUT2D eigenvalue weighted by molar-refractivity contribution is 4.77. The summed E-state index contributed by atoms with van der Waals surface area (Å²) in [6.07, 6.45) is 8.35. The summed E-state index contributed by atoms with van der Waals surface area (Å²) >= 11 is 0. The molecule has 1 atom stereocenters. The standard InChI is InChI=1S/C12H25/c1-5-6-7-8-12(4)10-9-11(2)3/h12H,5-10H2,1-4H3. The van der Waals surface area contributed by atoms with E-state index in [0.29, 0.717) is 0 Å². The molecule has 1 radical (unpaired) electrons. The highest BCUT2D eigenvalue weighted by atomic mass is 14.1. The van der Waals surface area contributed by atoms with Crippen LogP contribution in [0.15, 0.2) is 0 Å². The monoisotopic (exact) mass is 169 g/mol. The number of hydrogen-bond acceptors (Lipinski definition) is 0. The molecule has 73 valence electrons. The molecule has 0 saturated carbocycles. The Bertz CT molecular complexity index is 84.0. The SMILES string of the molecule is CCCCCC(C)CC[C](C)C. The summed E-state index contributed by atoms with van der Waals surface area (Å²) in [4.78, 5) is 0. The minimum absolute atomic E-state index is 0.937. The van der Waals surface area contributed by atoms with Crippen molar-refractivity contribution >= 4 is 0 Å². The van der Waals surface area contributed by atoms with E-state index >= 15 is 0 Å². The average Bonchev–Trinajstić information content (AvgIpc) is 2.01. The van der Waals surface area contributed by atoms with Crippen molar-refractivity contribution in [2.75, 3.05) is 0 Å². The maximum Gasteiger partial charge on any atom is -0.0303 e. The largest absolute Gasteiger partial charge is 0.0654 e. The van der Waals surface area contributed by atoms with Gasteiger partial charge in [-0.1, -0.05) is 59.8 Å². The van der Waals surface area contributed by atoms with Gasteiger partial charge in [0.2, 0.25) is 0 Å². The molecule has 0 N–H and O–H groups in total. The first kappa shape index (κ1) is 12.0. The Morgan fingerprint density at radius 3 is 2.25 bits per heavy atom. The molecule has 0 fully saturated rings. The summed E-state index contributed by atoms with van der Waals surface area (Å²) in [5, 5.41) is 0. The number of unbranched alkanes of at least 4 members (excludes halogenated alkanes) is 2. The van der Waals surface area contributed by atoms with Crippen LogP contribution in [0.2, 0.25) is 0 Å². The van der Waals surface area contributed by atoms with E-state index in [-0.39, 0.29) is 0 Å². The molecule has 0 aliphatic heterocycles. The topological polar surface area (TPSA) is 0 Å². The van der Waals surface area contributed by atoms with E-state index < -0.39 is 0 Å². The molecule has 0 aromatic carbocycles. The van der Waals surface area contributed by atoms with Gasteiger partial charge in [0.15, 0.2) is 0 Å². The second-order valence-corrected chi connectivity index (χ2v) is 4.35. The molecule has 0 saturated heterocycles. The predicted octanol–water partition coefficient (Wildman–Crippen LogP) is 4.60. The smallest absolute Gasteiger partial charge is 0.0303 e. The third-order valence-corrected chi connectivity index (χ3v) is 2.44. The number of hydrogen-bond donors (Lipinski definition) is 0. The van der Waals surface area contributed by atoms with Gasteiger partial charge in [0.05, 0.1) is 0 Å². The molecular weight excluding hydrogens is 144 g/mol. The summed E-state index contributed by atoms with van der Waals surface area (Å²) in [5.41, 5.74) is 0. The lowest BCUT2D eigenvalue weighted by atomic mass is 9.95. The van der Waals surface area contributed by atoms with E-state index in [1.807, 2.05) is 0 Å². The van der Waals surface area contributed by atoms with E-state index in [2.05, 4.69) is 27.7 Å². The fourth-order valence-electron chi connectivity index (χ4n) is 1.42. The van der Waals surface area contributed by atoms with Crippen molar-refractivity contribution in [2.24, 2.45) is 5.92 Å². The van der Waals surface area contributed by atoms with Crippen LogP contribution in [0.1, 0.15) is 66.2 Å². The Labute approximate surface area is 78.8 Å². The van der Waals surface area contributed by atoms with Crippen LogP contribution in [0.4, 0.5) is 0 Å². The zero-order valence-electron chi connectivity index (χ0n) is 9.32. The maximum atomic E-state index is 2.39.